The lowest BCUT2D eigenvalue weighted by Gasteiger charge is -2.27. The maximum absolute atomic E-state index is 13.6. The Morgan fingerprint density at radius 3 is 2.42 bits per heavy atom. The zero-order chi connectivity index (χ0) is 26.0. The van der Waals surface area contributed by atoms with Crippen molar-refractivity contribution < 1.29 is 22.1 Å². The predicted octanol–water partition coefficient (Wildman–Crippen LogP) is 5.32. The van der Waals surface area contributed by atoms with Crippen LogP contribution >= 0.6 is 11.6 Å². The smallest absolute Gasteiger partial charge is 0.439 e. The van der Waals surface area contributed by atoms with E-state index in [0.29, 0.717) is 39.2 Å². The van der Waals surface area contributed by atoms with E-state index in [2.05, 4.69) is 14.7 Å². The summed E-state index contributed by atoms with van der Waals surface area (Å²) in [4.78, 5) is 13.7. The van der Waals surface area contributed by atoms with E-state index in [1.54, 1.807) is 44.2 Å². The number of hydrogen-bond donors (Lipinski definition) is 1. The van der Waals surface area contributed by atoms with Gasteiger partial charge in [0.05, 0.1) is 5.69 Å². The van der Waals surface area contributed by atoms with Gasteiger partial charge in [0.1, 0.15) is 18.1 Å². The molecular weight excluding hydrogens is 506 g/mol. The molecule has 0 aliphatic heterocycles. The van der Waals surface area contributed by atoms with Crippen LogP contribution in [0.3, 0.4) is 0 Å². The van der Waals surface area contributed by atoms with Crippen molar-refractivity contribution in [1.82, 2.24) is 10.1 Å². The number of aryl methyl sites for hydroxylation is 2. The van der Waals surface area contributed by atoms with Crippen LogP contribution in [-0.2, 0) is 16.6 Å². The third kappa shape index (κ3) is 5.50. The van der Waals surface area contributed by atoms with Crippen molar-refractivity contribution in [3.8, 4) is 17.1 Å². The normalized spacial score (nSPS) is 11.7. The summed E-state index contributed by atoms with van der Waals surface area (Å²) in [6.07, 6.45) is 0. The summed E-state index contributed by atoms with van der Waals surface area (Å²) in [5.41, 5.74) is 2.57. The molecule has 36 heavy (non-hydrogen) atoms. The van der Waals surface area contributed by atoms with Gasteiger partial charge in [0.25, 0.3) is 10.0 Å². The summed E-state index contributed by atoms with van der Waals surface area (Å²) in [6, 6.07) is 13.6. The van der Waals surface area contributed by atoms with E-state index in [1.807, 2.05) is 26.0 Å². The molecule has 2 aromatic heterocycles. The molecule has 0 amide bonds. The van der Waals surface area contributed by atoms with Crippen molar-refractivity contribution in [3.05, 3.63) is 81.0 Å². The number of hydrogen-bond acceptors (Lipinski definition) is 7. The first-order valence-electron chi connectivity index (χ1n) is 11.2. The van der Waals surface area contributed by atoms with Crippen LogP contribution < -0.4 is 14.8 Å². The Balaban J connectivity index is 1.66. The maximum atomic E-state index is 13.6. The summed E-state index contributed by atoms with van der Waals surface area (Å²) < 4.78 is 44.6. The zero-order valence-corrected chi connectivity index (χ0v) is 21.8. The number of nitrogens with one attached hydrogen (secondary N) is 1. The fourth-order valence-corrected chi connectivity index (χ4v) is 5.29. The van der Waals surface area contributed by atoms with Crippen LogP contribution in [0.4, 0.5) is 5.69 Å². The molecule has 0 radical (unpaired) electrons. The number of sulfonamides is 1. The molecule has 0 saturated carbocycles. The van der Waals surface area contributed by atoms with E-state index in [0.717, 1.165) is 5.56 Å². The largest absolute Gasteiger partial charge is 0.487 e. The molecule has 1 N–H and O–H groups in total. The number of aromatic amines is 1. The molecule has 0 atom stereocenters. The van der Waals surface area contributed by atoms with Crippen LogP contribution in [0.25, 0.3) is 11.4 Å². The number of nitrogens with zero attached hydrogens (tertiary/aromatic N) is 2. The molecule has 190 valence electrons. The van der Waals surface area contributed by atoms with E-state index >= 15 is 0 Å². The summed E-state index contributed by atoms with van der Waals surface area (Å²) >= 11 is 6.39. The molecule has 0 unspecified atom stereocenters. The molecule has 2 heterocycles. The molecule has 2 aromatic carbocycles. The molecule has 0 aliphatic rings. The van der Waals surface area contributed by atoms with Crippen LogP contribution in [0.2, 0.25) is 5.02 Å². The summed E-state index contributed by atoms with van der Waals surface area (Å²) in [6.45, 7) is 7.73. The van der Waals surface area contributed by atoms with E-state index in [1.165, 1.54) is 10.4 Å². The van der Waals surface area contributed by atoms with Crippen molar-refractivity contribution in [2.75, 3.05) is 10.8 Å². The molecule has 4 aromatic rings. The Bertz CT molecular complexity index is 1520. The van der Waals surface area contributed by atoms with Gasteiger partial charge in [-0.2, -0.15) is 8.42 Å². The second-order valence-corrected chi connectivity index (χ2v) is 11.0. The minimum atomic E-state index is -4.00. The van der Waals surface area contributed by atoms with Gasteiger partial charge in [-0.1, -0.05) is 54.9 Å². The number of halogens is 1. The number of ether oxygens (including phenoxy) is 1. The Labute approximate surface area is 213 Å². The quantitative estimate of drug-likeness (QED) is 0.310. The van der Waals surface area contributed by atoms with Crippen molar-refractivity contribution in [2.45, 2.75) is 39.4 Å². The molecule has 0 aliphatic carbocycles. The topological polar surface area (TPSA) is 119 Å². The highest BCUT2D eigenvalue weighted by Gasteiger charge is 2.31. The van der Waals surface area contributed by atoms with Gasteiger partial charge in [-0.05, 0) is 49.1 Å². The van der Waals surface area contributed by atoms with Gasteiger partial charge in [-0.3, -0.25) is 13.8 Å². The summed E-state index contributed by atoms with van der Waals surface area (Å²) in [5, 5.41) is 3.99. The van der Waals surface area contributed by atoms with Crippen LogP contribution in [0.5, 0.6) is 5.75 Å². The second kappa shape index (κ2) is 10.2. The van der Waals surface area contributed by atoms with E-state index < -0.39 is 15.8 Å². The molecule has 4 rings (SSSR count). The molecule has 11 heteroatoms. The van der Waals surface area contributed by atoms with Crippen LogP contribution in [-0.4, -0.2) is 25.1 Å². The number of benzene rings is 2. The number of H-pyrrole nitrogens is 1. The van der Waals surface area contributed by atoms with Crippen LogP contribution in [0.1, 0.15) is 30.7 Å². The Morgan fingerprint density at radius 2 is 1.83 bits per heavy atom. The van der Waals surface area contributed by atoms with Gasteiger partial charge < -0.3 is 9.15 Å². The Morgan fingerprint density at radius 1 is 1.11 bits per heavy atom. The van der Waals surface area contributed by atoms with E-state index in [4.69, 9.17) is 20.8 Å². The first-order valence-corrected chi connectivity index (χ1v) is 13.0. The highest BCUT2D eigenvalue weighted by Crippen LogP contribution is 2.38. The van der Waals surface area contributed by atoms with E-state index in [9.17, 15) is 13.2 Å². The first-order chi connectivity index (χ1) is 17.0. The zero-order valence-electron chi connectivity index (χ0n) is 20.2. The maximum Gasteiger partial charge on any atom is 0.439 e. The molecule has 0 saturated heterocycles. The number of furan rings is 1. The van der Waals surface area contributed by atoms with Gasteiger partial charge in [-0.15, -0.1) is 0 Å². The standard InChI is InChI=1S/C25H26ClN3O6S/c1-15(2)13-29(36(31,32)23-10-5-17(4)34-23)21-11-16(3)20(26)12-22(21)33-14-18-6-8-19(9-7-18)24-27-25(30)35-28-24/h5-12,15H,13-14H2,1-4H3,(H,27,28,30). The van der Waals surface area contributed by atoms with Gasteiger partial charge in [0.15, 0.2) is 5.82 Å². The lowest BCUT2D eigenvalue weighted by molar-refractivity contribution is 0.307. The minimum absolute atomic E-state index is 0.0233. The molecule has 0 bridgehead atoms. The SMILES string of the molecule is Cc1ccc(S(=O)(=O)N(CC(C)C)c2cc(C)c(Cl)cc2OCc2ccc(-c3noc(=O)[nH]3)cc2)o1. The van der Waals surface area contributed by atoms with Crippen LogP contribution in [0, 0.1) is 19.8 Å². The third-order valence-corrected chi connectivity index (χ3v) is 7.42. The number of anilines is 1. The van der Waals surface area contributed by atoms with E-state index in [-0.39, 0.29) is 24.2 Å². The number of aromatic nitrogens is 2. The van der Waals surface area contributed by atoms with Crippen molar-refractivity contribution in [3.63, 3.8) is 0 Å². The molecule has 0 fully saturated rings. The summed E-state index contributed by atoms with van der Waals surface area (Å²) in [5.74, 6) is 0.535. The fraction of sp³-hybridized carbons (Fsp3) is 0.280. The van der Waals surface area contributed by atoms with Crippen LogP contribution in [0.15, 0.2) is 67.4 Å². The van der Waals surface area contributed by atoms with Crippen molar-refractivity contribution >= 4 is 27.3 Å². The highest BCUT2D eigenvalue weighted by molar-refractivity contribution is 7.92. The second-order valence-electron chi connectivity index (χ2n) is 8.79. The fourth-order valence-electron chi connectivity index (χ4n) is 3.55. The average molecular weight is 532 g/mol. The van der Waals surface area contributed by atoms with Gasteiger partial charge in [0.2, 0.25) is 5.09 Å². The summed E-state index contributed by atoms with van der Waals surface area (Å²) in [7, 11) is -4.00. The highest BCUT2D eigenvalue weighted by atomic mass is 35.5. The Hall–Kier alpha value is -3.50. The molecule has 0 spiro atoms. The van der Waals surface area contributed by atoms with Gasteiger partial charge >= 0.3 is 5.76 Å². The molecular formula is C25H26ClN3O6S. The molecule has 9 nitrogen and oxygen atoms in total. The third-order valence-electron chi connectivity index (χ3n) is 5.36. The van der Waals surface area contributed by atoms with Crippen molar-refractivity contribution in [1.29, 1.82) is 0 Å². The first kappa shape index (κ1) is 25.6. The van der Waals surface area contributed by atoms with Gasteiger partial charge in [0, 0.05) is 23.2 Å². The monoisotopic (exact) mass is 531 g/mol. The lowest BCUT2D eigenvalue weighted by Crippen LogP contribution is -2.34. The predicted molar refractivity (Wildman–Crippen MR) is 136 cm³/mol. The average Bonchev–Trinajstić information content (AvgIpc) is 3.47. The van der Waals surface area contributed by atoms with Gasteiger partial charge in [-0.25, -0.2) is 4.79 Å². The minimum Gasteiger partial charge on any atom is -0.487 e. The number of rotatable bonds is 9. The van der Waals surface area contributed by atoms with Crippen molar-refractivity contribution in [2.24, 2.45) is 5.92 Å². The Kier molecular flexibility index (Phi) is 7.28. The lowest BCUT2D eigenvalue weighted by atomic mass is 10.1.